The summed E-state index contributed by atoms with van der Waals surface area (Å²) in [5, 5.41) is 14.2. The molecule has 182 valence electrons. The highest BCUT2D eigenvalue weighted by atomic mass is 79.9. The van der Waals surface area contributed by atoms with Crippen LogP contribution in [0.1, 0.15) is 31.0 Å². The van der Waals surface area contributed by atoms with Crippen molar-refractivity contribution in [2.24, 2.45) is 0 Å². The molecule has 8 nitrogen and oxygen atoms in total. The molecule has 0 saturated heterocycles. The number of pyridine rings is 1. The number of hydrogen-bond donors (Lipinski definition) is 1. The summed E-state index contributed by atoms with van der Waals surface area (Å²) in [5.41, 5.74) is 4.22. The molecule has 0 spiro atoms. The number of nitrogens with zero attached hydrogens (tertiary/aromatic N) is 6. The second kappa shape index (κ2) is 10.4. The summed E-state index contributed by atoms with van der Waals surface area (Å²) >= 11 is 3.39. The predicted octanol–water partition coefficient (Wildman–Crippen LogP) is 5.17. The molecule has 0 aliphatic heterocycles. The van der Waals surface area contributed by atoms with E-state index >= 15 is 0 Å². The molecule has 0 radical (unpaired) electrons. The maximum absolute atomic E-state index is 14.7. The minimum atomic E-state index is -0.455. The number of unbranched alkanes of at least 4 members (excludes halogenated alkanes) is 1. The van der Waals surface area contributed by atoms with Gasteiger partial charge >= 0.3 is 5.69 Å². The van der Waals surface area contributed by atoms with Crippen molar-refractivity contribution in [3.05, 3.63) is 99.0 Å². The standard InChI is InChI=1S/C26H23BrFN7O/c1-2-3-6-19-16-35(24-21(27)8-4-9-22(24)28)26(36)34(19)15-17-10-12-18(13-11-17)20-7-5-14-29-23(20)25-30-32-33-31-25/h4-5,7-14,16H,2-3,6,15H2,1H3,(H,30,31,32,33). The Morgan fingerprint density at radius 1 is 1.08 bits per heavy atom. The van der Waals surface area contributed by atoms with Gasteiger partial charge in [0.1, 0.15) is 17.2 Å². The van der Waals surface area contributed by atoms with Crippen LogP contribution in [-0.4, -0.2) is 34.7 Å². The van der Waals surface area contributed by atoms with Crippen molar-refractivity contribution in [2.45, 2.75) is 32.7 Å². The van der Waals surface area contributed by atoms with E-state index in [-0.39, 0.29) is 11.4 Å². The summed E-state index contributed by atoms with van der Waals surface area (Å²) < 4.78 is 18.3. The molecular weight excluding hydrogens is 525 g/mol. The zero-order chi connectivity index (χ0) is 25.1. The fraction of sp³-hybridized carbons (Fsp3) is 0.192. The summed E-state index contributed by atoms with van der Waals surface area (Å²) in [6.07, 6.45) is 6.09. The van der Waals surface area contributed by atoms with Crippen LogP contribution in [0.15, 0.2) is 76.3 Å². The highest BCUT2D eigenvalue weighted by Gasteiger charge is 2.18. The lowest BCUT2D eigenvalue weighted by Gasteiger charge is -2.10. The molecule has 1 N–H and O–H groups in total. The predicted molar refractivity (Wildman–Crippen MR) is 138 cm³/mol. The first-order valence-corrected chi connectivity index (χ1v) is 12.4. The van der Waals surface area contributed by atoms with E-state index in [0.29, 0.717) is 22.5 Å². The molecule has 2 aromatic carbocycles. The van der Waals surface area contributed by atoms with Crippen LogP contribution in [0, 0.1) is 5.82 Å². The van der Waals surface area contributed by atoms with Crippen LogP contribution in [0.5, 0.6) is 0 Å². The van der Waals surface area contributed by atoms with Gasteiger partial charge in [-0.25, -0.2) is 9.18 Å². The molecule has 5 aromatic rings. The quantitative estimate of drug-likeness (QED) is 0.289. The molecule has 3 heterocycles. The van der Waals surface area contributed by atoms with Crippen LogP contribution in [0.25, 0.3) is 28.3 Å². The number of aromatic nitrogens is 7. The number of tetrazole rings is 1. The number of aromatic amines is 1. The molecule has 0 saturated carbocycles. The van der Waals surface area contributed by atoms with Crippen molar-refractivity contribution < 1.29 is 4.39 Å². The molecule has 0 aliphatic rings. The van der Waals surface area contributed by atoms with Crippen molar-refractivity contribution in [1.29, 1.82) is 0 Å². The summed E-state index contributed by atoms with van der Waals surface area (Å²) in [6, 6.07) is 16.4. The summed E-state index contributed by atoms with van der Waals surface area (Å²) in [4.78, 5) is 17.9. The van der Waals surface area contributed by atoms with Gasteiger partial charge in [0.15, 0.2) is 0 Å². The first-order chi connectivity index (χ1) is 17.6. The second-order valence-electron chi connectivity index (χ2n) is 8.36. The van der Waals surface area contributed by atoms with Crippen molar-refractivity contribution >= 4 is 15.9 Å². The summed E-state index contributed by atoms with van der Waals surface area (Å²) in [6.45, 7) is 2.48. The van der Waals surface area contributed by atoms with Crippen molar-refractivity contribution in [2.75, 3.05) is 0 Å². The first-order valence-electron chi connectivity index (χ1n) is 11.6. The fourth-order valence-electron chi connectivity index (χ4n) is 4.18. The number of benzene rings is 2. The van der Waals surface area contributed by atoms with Crippen molar-refractivity contribution in [3.63, 3.8) is 0 Å². The summed E-state index contributed by atoms with van der Waals surface area (Å²) in [5.74, 6) is -0.0358. The Morgan fingerprint density at radius 3 is 2.64 bits per heavy atom. The van der Waals surface area contributed by atoms with Crippen LogP contribution in [0.4, 0.5) is 4.39 Å². The third-order valence-electron chi connectivity index (χ3n) is 6.00. The van der Waals surface area contributed by atoms with E-state index in [1.165, 1.54) is 10.6 Å². The van der Waals surface area contributed by atoms with Gasteiger partial charge in [0.05, 0.1) is 6.54 Å². The van der Waals surface area contributed by atoms with E-state index in [1.807, 2.05) is 36.4 Å². The SMILES string of the molecule is CCCCc1cn(-c2c(F)cccc2Br)c(=O)n1Cc1ccc(-c2cccnc2-c2nn[nH]n2)cc1. The lowest BCUT2D eigenvalue weighted by atomic mass is 10.0. The second-order valence-corrected chi connectivity index (χ2v) is 9.22. The van der Waals surface area contributed by atoms with Crippen molar-refractivity contribution in [3.8, 4) is 28.3 Å². The van der Waals surface area contributed by atoms with Gasteiger partial charge in [0.25, 0.3) is 0 Å². The van der Waals surface area contributed by atoms with Crippen LogP contribution in [0.3, 0.4) is 0 Å². The average molecular weight is 548 g/mol. The number of H-pyrrole nitrogens is 1. The number of halogens is 2. The van der Waals surface area contributed by atoms with Crippen LogP contribution >= 0.6 is 15.9 Å². The van der Waals surface area contributed by atoms with Crippen LogP contribution in [0.2, 0.25) is 0 Å². The van der Waals surface area contributed by atoms with Gasteiger partial charge in [-0.15, -0.1) is 10.2 Å². The average Bonchev–Trinajstić information content (AvgIpc) is 3.53. The number of para-hydroxylation sites is 1. The third kappa shape index (κ3) is 4.64. The molecule has 36 heavy (non-hydrogen) atoms. The van der Waals surface area contributed by atoms with Crippen LogP contribution < -0.4 is 5.69 Å². The largest absolute Gasteiger partial charge is 0.333 e. The number of rotatable bonds is 8. The first kappa shape index (κ1) is 23.8. The number of hydrogen-bond acceptors (Lipinski definition) is 5. The van der Waals surface area contributed by atoms with Gasteiger partial charge in [0, 0.05) is 28.1 Å². The lowest BCUT2D eigenvalue weighted by molar-refractivity contribution is 0.611. The van der Waals surface area contributed by atoms with Crippen molar-refractivity contribution in [1.82, 2.24) is 34.7 Å². The Hall–Kier alpha value is -3.92. The van der Waals surface area contributed by atoms with E-state index < -0.39 is 5.82 Å². The normalized spacial score (nSPS) is 11.2. The maximum Gasteiger partial charge on any atom is 0.333 e. The number of nitrogens with one attached hydrogen (secondary N) is 1. The Kier molecular flexibility index (Phi) is 6.86. The van der Waals surface area contributed by atoms with E-state index in [9.17, 15) is 9.18 Å². The maximum atomic E-state index is 14.7. The Labute approximate surface area is 215 Å². The zero-order valence-corrected chi connectivity index (χ0v) is 21.1. The highest BCUT2D eigenvalue weighted by Crippen LogP contribution is 2.28. The van der Waals surface area contributed by atoms with E-state index in [0.717, 1.165) is 41.6 Å². The molecule has 10 heteroatoms. The van der Waals surface area contributed by atoms with Crippen LogP contribution in [-0.2, 0) is 13.0 Å². The number of aryl methyl sites for hydroxylation is 1. The van der Waals surface area contributed by atoms with Gasteiger partial charge in [-0.2, -0.15) is 5.21 Å². The third-order valence-corrected chi connectivity index (χ3v) is 6.64. The minimum Gasteiger partial charge on any atom is -0.292 e. The van der Waals surface area contributed by atoms with Gasteiger partial charge in [-0.1, -0.05) is 49.7 Å². The Balaban J connectivity index is 1.49. The molecule has 0 aliphatic carbocycles. The lowest BCUT2D eigenvalue weighted by Crippen LogP contribution is -2.25. The summed E-state index contributed by atoms with van der Waals surface area (Å²) in [7, 11) is 0. The smallest absolute Gasteiger partial charge is 0.292 e. The van der Waals surface area contributed by atoms with Gasteiger partial charge in [0.2, 0.25) is 5.82 Å². The molecule has 5 rings (SSSR count). The van der Waals surface area contributed by atoms with Gasteiger partial charge in [-0.05, 0) is 63.3 Å². The minimum absolute atomic E-state index is 0.222. The molecule has 0 atom stereocenters. The van der Waals surface area contributed by atoms with Gasteiger partial charge < -0.3 is 0 Å². The zero-order valence-electron chi connectivity index (χ0n) is 19.5. The molecule has 0 amide bonds. The fourth-order valence-corrected chi connectivity index (χ4v) is 4.72. The molecule has 0 unspecified atom stereocenters. The van der Waals surface area contributed by atoms with E-state index in [1.54, 1.807) is 29.1 Å². The van der Waals surface area contributed by atoms with E-state index in [2.05, 4.69) is 48.5 Å². The monoisotopic (exact) mass is 547 g/mol. The molecule has 0 bridgehead atoms. The topological polar surface area (TPSA) is 94.3 Å². The van der Waals surface area contributed by atoms with E-state index in [4.69, 9.17) is 0 Å². The highest BCUT2D eigenvalue weighted by molar-refractivity contribution is 9.10. The van der Waals surface area contributed by atoms with Gasteiger partial charge in [-0.3, -0.25) is 14.1 Å². The number of imidazole rings is 1. The Bertz CT molecular complexity index is 1520. The molecular formula is C26H23BrFN7O. The molecule has 0 fully saturated rings. The molecule has 3 aromatic heterocycles. The Morgan fingerprint density at radius 2 is 1.92 bits per heavy atom.